The highest BCUT2D eigenvalue weighted by molar-refractivity contribution is 6.33. The van der Waals surface area contributed by atoms with Crippen LogP contribution in [0.5, 0.6) is 0 Å². The fourth-order valence-corrected chi connectivity index (χ4v) is 1.56. The molecule has 18 heavy (non-hydrogen) atoms. The van der Waals surface area contributed by atoms with Gasteiger partial charge in [-0.2, -0.15) is 0 Å². The fourth-order valence-electron chi connectivity index (χ4n) is 1.38. The van der Waals surface area contributed by atoms with Gasteiger partial charge in [-0.1, -0.05) is 45.4 Å². The molecule has 1 aromatic rings. The van der Waals surface area contributed by atoms with Gasteiger partial charge in [0.15, 0.2) is 0 Å². The fraction of sp³-hybridized carbons (Fsp3) is 0.500. The van der Waals surface area contributed by atoms with Crippen molar-refractivity contribution in [1.29, 1.82) is 0 Å². The van der Waals surface area contributed by atoms with Crippen molar-refractivity contribution in [2.75, 3.05) is 12.3 Å². The molecular weight excluding hydrogens is 248 g/mol. The quantitative estimate of drug-likeness (QED) is 0.826. The number of anilines is 1. The number of nitrogens with two attached hydrogens (primary N) is 1. The second-order valence-electron chi connectivity index (χ2n) is 5.68. The van der Waals surface area contributed by atoms with Gasteiger partial charge in [0.1, 0.15) is 0 Å². The van der Waals surface area contributed by atoms with E-state index in [1.807, 2.05) is 0 Å². The lowest BCUT2D eigenvalue weighted by Gasteiger charge is -2.27. The Bertz CT molecular complexity index is 438. The maximum atomic E-state index is 12.0. The van der Waals surface area contributed by atoms with E-state index in [1.165, 1.54) is 0 Å². The van der Waals surface area contributed by atoms with Crippen LogP contribution in [-0.2, 0) is 0 Å². The average Bonchev–Trinajstić information content (AvgIpc) is 2.27. The molecule has 0 saturated carbocycles. The molecule has 0 aliphatic rings. The Morgan fingerprint density at radius 3 is 2.61 bits per heavy atom. The zero-order valence-electron chi connectivity index (χ0n) is 11.4. The predicted molar refractivity (Wildman–Crippen MR) is 76.8 cm³/mol. The molecule has 100 valence electrons. The molecule has 1 aromatic carbocycles. The van der Waals surface area contributed by atoms with E-state index in [-0.39, 0.29) is 11.3 Å². The monoisotopic (exact) mass is 268 g/mol. The van der Waals surface area contributed by atoms with Gasteiger partial charge in [0, 0.05) is 6.54 Å². The zero-order chi connectivity index (χ0) is 13.9. The minimum atomic E-state index is -0.175. The van der Waals surface area contributed by atoms with E-state index in [1.54, 1.807) is 18.2 Å². The van der Waals surface area contributed by atoms with Gasteiger partial charge in [0.05, 0.1) is 16.3 Å². The smallest absolute Gasteiger partial charge is 0.253 e. The number of carbonyl (C=O) groups is 1. The van der Waals surface area contributed by atoms with E-state index in [0.29, 0.717) is 28.7 Å². The van der Waals surface area contributed by atoms with Crippen molar-refractivity contribution in [1.82, 2.24) is 5.32 Å². The Labute approximate surface area is 114 Å². The number of benzene rings is 1. The van der Waals surface area contributed by atoms with Gasteiger partial charge in [-0.05, 0) is 23.5 Å². The average molecular weight is 269 g/mol. The van der Waals surface area contributed by atoms with Crippen molar-refractivity contribution in [3.8, 4) is 0 Å². The van der Waals surface area contributed by atoms with E-state index >= 15 is 0 Å². The summed E-state index contributed by atoms with van der Waals surface area (Å²) in [5.74, 6) is 0.202. The molecule has 1 rings (SSSR count). The van der Waals surface area contributed by atoms with Crippen LogP contribution in [0.1, 0.15) is 38.1 Å². The first kappa shape index (κ1) is 14.8. The third-order valence-electron chi connectivity index (χ3n) is 3.34. The standard InChI is InChI=1S/C14H21ClN2O/c1-9(14(2,3)4)8-17-13(18)10-6-5-7-11(15)12(10)16/h5-7,9H,8,16H2,1-4H3,(H,17,18). The summed E-state index contributed by atoms with van der Waals surface area (Å²) in [5, 5.41) is 3.30. The van der Waals surface area contributed by atoms with Gasteiger partial charge in [0.2, 0.25) is 0 Å². The van der Waals surface area contributed by atoms with Gasteiger partial charge >= 0.3 is 0 Å². The van der Waals surface area contributed by atoms with Crippen molar-refractivity contribution < 1.29 is 4.79 Å². The molecule has 0 aliphatic heterocycles. The van der Waals surface area contributed by atoms with Gasteiger partial charge < -0.3 is 11.1 Å². The molecule has 0 bridgehead atoms. The number of amides is 1. The first-order chi connectivity index (χ1) is 8.23. The summed E-state index contributed by atoms with van der Waals surface area (Å²) in [6, 6.07) is 5.07. The van der Waals surface area contributed by atoms with Crippen LogP contribution in [0.25, 0.3) is 0 Å². The molecule has 0 aliphatic carbocycles. The summed E-state index contributed by atoms with van der Waals surface area (Å²) in [5.41, 5.74) is 6.71. The lowest BCUT2D eigenvalue weighted by molar-refractivity contribution is 0.0938. The highest BCUT2D eigenvalue weighted by Gasteiger charge is 2.21. The van der Waals surface area contributed by atoms with E-state index in [2.05, 4.69) is 33.0 Å². The highest BCUT2D eigenvalue weighted by atomic mass is 35.5. The maximum Gasteiger partial charge on any atom is 0.253 e. The van der Waals surface area contributed by atoms with Crippen molar-refractivity contribution in [3.05, 3.63) is 28.8 Å². The molecule has 0 spiro atoms. The van der Waals surface area contributed by atoms with Crippen LogP contribution in [0.4, 0.5) is 5.69 Å². The minimum absolute atomic E-state index is 0.160. The molecule has 0 radical (unpaired) electrons. The van der Waals surface area contributed by atoms with Gasteiger partial charge in [-0.15, -0.1) is 0 Å². The summed E-state index contributed by atoms with van der Waals surface area (Å²) in [7, 11) is 0. The Balaban J connectivity index is 2.70. The molecule has 3 N–H and O–H groups in total. The first-order valence-electron chi connectivity index (χ1n) is 6.05. The van der Waals surface area contributed by atoms with E-state index in [4.69, 9.17) is 17.3 Å². The first-order valence-corrected chi connectivity index (χ1v) is 6.43. The Morgan fingerprint density at radius 1 is 1.44 bits per heavy atom. The van der Waals surface area contributed by atoms with Crippen molar-refractivity contribution in [3.63, 3.8) is 0 Å². The molecule has 1 amide bonds. The third kappa shape index (κ3) is 3.64. The SMILES string of the molecule is CC(CNC(=O)c1cccc(Cl)c1N)C(C)(C)C. The van der Waals surface area contributed by atoms with Crippen LogP contribution >= 0.6 is 11.6 Å². The maximum absolute atomic E-state index is 12.0. The van der Waals surface area contributed by atoms with Crippen LogP contribution in [-0.4, -0.2) is 12.5 Å². The van der Waals surface area contributed by atoms with E-state index in [9.17, 15) is 4.79 Å². The lowest BCUT2D eigenvalue weighted by atomic mass is 9.82. The molecule has 0 aromatic heterocycles. The van der Waals surface area contributed by atoms with E-state index in [0.717, 1.165) is 0 Å². The Hall–Kier alpha value is -1.22. The van der Waals surface area contributed by atoms with Crippen molar-refractivity contribution in [2.45, 2.75) is 27.7 Å². The topological polar surface area (TPSA) is 55.1 Å². The van der Waals surface area contributed by atoms with Gasteiger partial charge in [-0.3, -0.25) is 4.79 Å². The summed E-state index contributed by atoms with van der Waals surface area (Å²) in [6.45, 7) is 9.18. The number of rotatable bonds is 3. The molecule has 1 unspecified atom stereocenters. The summed E-state index contributed by atoms with van der Waals surface area (Å²) in [6.07, 6.45) is 0. The molecule has 0 fully saturated rings. The zero-order valence-corrected chi connectivity index (χ0v) is 12.1. The third-order valence-corrected chi connectivity index (χ3v) is 3.67. The van der Waals surface area contributed by atoms with Gasteiger partial charge in [0.25, 0.3) is 5.91 Å². The van der Waals surface area contributed by atoms with Crippen LogP contribution in [0.3, 0.4) is 0 Å². The molecule has 4 heteroatoms. The van der Waals surface area contributed by atoms with Crippen LogP contribution < -0.4 is 11.1 Å². The van der Waals surface area contributed by atoms with Crippen molar-refractivity contribution in [2.24, 2.45) is 11.3 Å². The number of hydrogen-bond acceptors (Lipinski definition) is 2. The van der Waals surface area contributed by atoms with Gasteiger partial charge in [-0.25, -0.2) is 0 Å². The van der Waals surface area contributed by atoms with Crippen LogP contribution in [0.15, 0.2) is 18.2 Å². The summed E-state index contributed by atoms with van der Waals surface area (Å²) >= 11 is 5.89. The largest absolute Gasteiger partial charge is 0.397 e. The minimum Gasteiger partial charge on any atom is -0.397 e. The Morgan fingerprint density at radius 2 is 2.06 bits per heavy atom. The number of nitrogens with one attached hydrogen (secondary N) is 1. The number of carbonyl (C=O) groups excluding carboxylic acids is 1. The number of para-hydroxylation sites is 1. The molecule has 0 heterocycles. The second-order valence-corrected chi connectivity index (χ2v) is 6.09. The molecule has 3 nitrogen and oxygen atoms in total. The second kappa shape index (κ2) is 5.61. The number of halogens is 1. The van der Waals surface area contributed by atoms with Crippen molar-refractivity contribution >= 4 is 23.2 Å². The highest BCUT2D eigenvalue weighted by Crippen LogP contribution is 2.25. The molecule has 0 saturated heterocycles. The summed E-state index contributed by atoms with van der Waals surface area (Å²) in [4.78, 5) is 12.0. The van der Waals surface area contributed by atoms with Crippen LogP contribution in [0, 0.1) is 11.3 Å². The van der Waals surface area contributed by atoms with Crippen LogP contribution in [0.2, 0.25) is 5.02 Å². The number of nitrogen functional groups attached to an aromatic ring is 1. The van der Waals surface area contributed by atoms with E-state index < -0.39 is 0 Å². The number of hydrogen-bond donors (Lipinski definition) is 2. The molecular formula is C14H21ClN2O. The predicted octanol–water partition coefficient (Wildman–Crippen LogP) is 3.33. The summed E-state index contributed by atoms with van der Waals surface area (Å²) < 4.78 is 0. The Kier molecular flexibility index (Phi) is 4.63. The molecule has 1 atom stereocenters. The lowest BCUT2D eigenvalue weighted by Crippen LogP contribution is -2.34. The normalized spacial score (nSPS) is 13.2.